The highest BCUT2D eigenvalue weighted by molar-refractivity contribution is 5.77. The van der Waals surface area contributed by atoms with Crippen molar-refractivity contribution < 1.29 is 14.6 Å². The largest absolute Gasteiger partial charge is 0.457 e. The van der Waals surface area contributed by atoms with Gasteiger partial charge in [0.2, 0.25) is 5.91 Å². The summed E-state index contributed by atoms with van der Waals surface area (Å²) in [6, 6.07) is 2.05. The first-order valence-electron chi connectivity index (χ1n) is 8.60. The summed E-state index contributed by atoms with van der Waals surface area (Å²) in [6.45, 7) is 1.82. The fraction of sp³-hybridized carbons (Fsp3) is 0.529. The van der Waals surface area contributed by atoms with Crippen LogP contribution in [0.3, 0.4) is 0 Å². The maximum atomic E-state index is 11.9. The molecule has 0 aromatic carbocycles. The summed E-state index contributed by atoms with van der Waals surface area (Å²) in [6.07, 6.45) is 6.53. The summed E-state index contributed by atoms with van der Waals surface area (Å²) < 4.78 is 7.74. The number of ether oxygens (including phenoxy) is 1. The monoisotopic (exact) mass is 343 g/mol. The van der Waals surface area contributed by atoms with Crippen molar-refractivity contribution in [3.63, 3.8) is 0 Å². The molecule has 1 aliphatic carbocycles. The second kappa shape index (κ2) is 6.79. The number of rotatable bonds is 6. The molecule has 1 fully saturated rings. The summed E-state index contributed by atoms with van der Waals surface area (Å²) in [5.74, 6) is 0.464. The van der Waals surface area contributed by atoms with E-state index in [1.807, 2.05) is 0 Å². The number of aliphatic hydroxyl groups excluding tert-OH is 1. The van der Waals surface area contributed by atoms with Gasteiger partial charge in [0.15, 0.2) is 0 Å². The van der Waals surface area contributed by atoms with Gasteiger partial charge in [-0.1, -0.05) is 0 Å². The number of nitrogens with zero attached hydrogens (tertiary/aromatic N) is 5. The van der Waals surface area contributed by atoms with Crippen LogP contribution in [0.4, 0.5) is 0 Å². The molecule has 0 atom stereocenters. The Morgan fingerprint density at radius 1 is 1.32 bits per heavy atom. The van der Waals surface area contributed by atoms with Gasteiger partial charge in [0.25, 0.3) is 0 Å². The van der Waals surface area contributed by atoms with Crippen LogP contribution in [0, 0.1) is 5.92 Å². The first kappa shape index (κ1) is 16.0. The molecule has 2 aromatic rings. The van der Waals surface area contributed by atoms with Crippen molar-refractivity contribution in [2.45, 2.75) is 39.0 Å². The highest BCUT2D eigenvalue weighted by atomic mass is 16.5. The molecular formula is C17H21N5O3. The second-order valence-electron chi connectivity index (χ2n) is 6.54. The summed E-state index contributed by atoms with van der Waals surface area (Å²) >= 11 is 0. The van der Waals surface area contributed by atoms with E-state index in [1.165, 1.54) is 18.5 Å². The van der Waals surface area contributed by atoms with Crippen LogP contribution in [0.1, 0.15) is 29.8 Å². The number of hydrogen-bond donors (Lipinski definition) is 1. The van der Waals surface area contributed by atoms with Crippen LogP contribution < -0.4 is 4.74 Å². The standard InChI is InChI=1S/C17H21N5O3/c23-10-16(24)21-7-4-15-13(9-21)14(20-22(15)8-12-2-3-12)11-25-17-18-5-1-6-19-17/h1,5-6,12,23H,2-4,7-11H2. The maximum Gasteiger partial charge on any atom is 0.316 e. The fourth-order valence-corrected chi connectivity index (χ4v) is 3.18. The Balaban J connectivity index is 1.56. The van der Waals surface area contributed by atoms with Crippen LogP contribution in [0.25, 0.3) is 0 Å². The summed E-state index contributed by atoms with van der Waals surface area (Å²) in [4.78, 5) is 21.7. The van der Waals surface area contributed by atoms with Crippen molar-refractivity contribution in [2.75, 3.05) is 13.2 Å². The minimum Gasteiger partial charge on any atom is -0.457 e. The summed E-state index contributed by atoms with van der Waals surface area (Å²) in [7, 11) is 0. The lowest BCUT2D eigenvalue weighted by Gasteiger charge is -2.27. The van der Waals surface area contributed by atoms with Crippen molar-refractivity contribution in [1.82, 2.24) is 24.6 Å². The quantitative estimate of drug-likeness (QED) is 0.823. The van der Waals surface area contributed by atoms with Crippen molar-refractivity contribution >= 4 is 5.91 Å². The van der Waals surface area contributed by atoms with E-state index in [-0.39, 0.29) is 12.5 Å². The number of hydrogen-bond acceptors (Lipinski definition) is 6. The Morgan fingerprint density at radius 3 is 2.84 bits per heavy atom. The minimum absolute atomic E-state index is 0.251. The predicted molar refractivity (Wildman–Crippen MR) is 87.5 cm³/mol. The van der Waals surface area contributed by atoms with E-state index in [9.17, 15) is 4.79 Å². The fourth-order valence-electron chi connectivity index (χ4n) is 3.18. The zero-order chi connectivity index (χ0) is 17.2. The first-order valence-corrected chi connectivity index (χ1v) is 8.60. The van der Waals surface area contributed by atoms with Gasteiger partial charge < -0.3 is 14.7 Å². The van der Waals surface area contributed by atoms with Gasteiger partial charge in [0.05, 0.1) is 0 Å². The van der Waals surface area contributed by atoms with Crippen molar-refractivity contribution in [1.29, 1.82) is 0 Å². The van der Waals surface area contributed by atoms with E-state index in [1.54, 1.807) is 23.4 Å². The van der Waals surface area contributed by atoms with Gasteiger partial charge >= 0.3 is 6.01 Å². The van der Waals surface area contributed by atoms with Crippen LogP contribution >= 0.6 is 0 Å². The smallest absolute Gasteiger partial charge is 0.316 e. The van der Waals surface area contributed by atoms with E-state index >= 15 is 0 Å². The molecule has 1 N–H and O–H groups in total. The molecule has 0 unspecified atom stereocenters. The second-order valence-corrected chi connectivity index (χ2v) is 6.54. The molecule has 3 heterocycles. The van der Waals surface area contributed by atoms with E-state index in [0.29, 0.717) is 25.0 Å². The zero-order valence-electron chi connectivity index (χ0n) is 14.0. The molecule has 4 rings (SSSR count). The van der Waals surface area contributed by atoms with E-state index in [4.69, 9.17) is 14.9 Å². The number of amides is 1. The Labute approximate surface area is 145 Å². The topological polar surface area (TPSA) is 93.4 Å². The van der Waals surface area contributed by atoms with E-state index < -0.39 is 6.61 Å². The molecule has 132 valence electrons. The average molecular weight is 343 g/mol. The number of carbonyl (C=O) groups is 1. The number of fused-ring (bicyclic) bond motifs is 1. The van der Waals surface area contributed by atoms with Crippen molar-refractivity contribution in [2.24, 2.45) is 5.92 Å². The summed E-state index contributed by atoms with van der Waals surface area (Å²) in [5, 5.41) is 13.9. The predicted octanol–water partition coefficient (Wildman–Crippen LogP) is 0.539. The van der Waals surface area contributed by atoms with Gasteiger partial charge in [0.1, 0.15) is 18.9 Å². The van der Waals surface area contributed by atoms with Gasteiger partial charge in [-0.2, -0.15) is 5.10 Å². The van der Waals surface area contributed by atoms with Crippen molar-refractivity contribution in [3.05, 3.63) is 35.4 Å². The van der Waals surface area contributed by atoms with Crippen LogP contribution in [0.2, 0.25) is 0 Å². The van der Waals surface area contributed by atoms with Crippen LogP contribution in [0.15, 0.2) is 18.5 Å². The molecule has 2 aliphatic rings. The molecular weight excluding hydrogens is 322 g/mol. The lowest BCUT2D eigenvalue weighted by molar-refractivity contribution is -0.135. The molecule has 0 spiro atoms. The van der Waals surface area contributed by atoms with Gasteiger partial charge in [-0.25, -0.2) is 9.97 Å². The van der Waals surface area contributed by atoms with Crippen molar-refractivity contribution in [3.8, 4) is 6.01 Å². The molecule has 1 saturated carbocycles. The van der Waals surface area contributed by atoms with Gasteiger partial charge in [-0.3, -0.25) is 9.48 Å². The SMILES string of the molecule is O=C(CO)N1CCc2c(c(COc3ncccn3)nn2CC2CC2)C1. The third-order valence-corrected chi connectivity index (χ3v) is 4.71. The van der Waals surface area contributed by atoms with Gasteiger partial charge in [0, 0.05) is 49.7 Å². The third kappa shape index (κ3) is 3.48. The van der Waals surface area contributed by atoms with Gasteiger partial charge in [-0.15, -0.1) is 0 Å². The van der Waals surface area contributed by atoms with Crippen LogP contribution in [-0.2, 0) is 30.9 Å². The lowest BCUT2D eigenvalue weighted by Crippen LogP contribution is -2.38. The lowest BCUT2D eigenvalue weighted by atomic mass is 10.0. The molecule has 0 bridgehead atoms. The normalized spacial score (nSPS) is 16.6. The number of aromatic nitrogens is 4. The Hall–Kier alpha value is -2.48. The minimum atomic E-state index is -0.463. The molecule has 25 heavy (non-hydrogen) atoms. The Kier molecular flexibility index (Phi) is 4.35. The zero-order valence-corrected chi connectivity index (χ0v) is 14.0. The molecule has 1 amide bonds. The Bertz CT molecular complexity index is 757. The number of carbonyl (C=O) groups excluding carboxylic acids is 1. The highest BCUT2D eigenvalue weighted by Gasteiger charge is 2.30. The average Bonchev–Trinajstić information content (AvgIpc) is 3.41. The van der Waals surface area contributed by atoms with E-state index in [0.717, 1.165) is 24.2 Å². The van der Waals surface area contributed by atoms with Crippen LogP contribution in [0.5, 0.6) is 6.01 Å². The van der Waals surface area contributed by atoms with Crippen LogP contribution in [-0.4, -0.2) is 48.8 Å². The molecule has 2 aromatic heterocycles. The molecule has 0 saturated heterocycles. The molecule has 8 heteroatoms. The van der Waals surface area contributed by atoms with E-state index in [2.05, 4.69) is 14.6 Å². The van der Waals surface area contributed by atoms with Gasteiger partial charge in [-0.05, 0) is 24.8 Å². The Morgan fingerprint density at radius 2 is 2.12 bits per heavy atom. The highest BCUT2D eigenvalue weighted by Crippen LogP contribution is 2.32. The third-order valence-electron chi connectivity index (χ3n) is 4.71. The maximum absolute atomic E-state index is 11.9. The molecule has 1 aliphatic heterocycles. The summed E-state index contributed by atoms with van der Waals surface area (Å²) in [5.41, 5.74) is 3.03. The first-order chi connectivity index (χ1) is 12.2. The molecule has 8 nitrogen and oxygen atoms in total. The molecule has 0 radical (unpaired) electrons. The number of aliphatic hydroxyl groups is 1.